The maximum atomic E-state index is 14.1. The van der Waals surface area contributed by atoms with Crippen LogP contribution in [0.4, 0.5) is 4.39 Å². The Kier molecular flexibility index (Phi) is 4.01. The van der Waals surface area contributed by atoms with Crippen LogP contribution in [-0.2, 0) is 6.61 Å². The summed E-state index contributed by atoms with van der Waals surface area (Å²) in [4.78, 5) is 0. The number of nitrogens with zero attached hydrogens (tertiary/aromatic N) is 1. The van der Waals surface area contributed by atoms with Crippen LogP contribution in [0.5, 0.6) is 0 Å². The minimum atomic E-state index is -0.389. The molecule has 0 radical (unpaired) electrons. The van der Waals surface area contributed by atoms with E-state index >= 15 is 0 Å². The van der Waals surface area contributed by atoms with E-state index in [9.17, 15) is 9.50 Å². The minimum Gasteiger partial charge on any atom is -0.391 e. The molecule has 118 valence electrons. The molecular weight excluding hydrogens is 293 g/mol. The Morgan fingerprint density at radius 2 is 1.74 bits per heavy atom. The molecule has 1 aromatic heterocycles. The summed E-state index contributed by atoms with van der Waals surface area (Å²) in [6, 6.07) is 10.4. The second-order valence-electron chi connectivity index (χ2n) is 5.75. The van der Waals surface area contributed by atoms with Crippen molar-refractivity contribution in [3.05, 3.63) is 64.5 Å². The molecule has 3 nitrogen and oxygen atoms in total. The van der Waals surface area contributed by atoms with Gasteiger partial charge in [-0.3, -0.25) is 0 Å². The van der Waals surface area contributed by atoms with E-state index in [1.54, 1.807) is 18.2 Å². The number of halogens is 1. The van der Waals surface area contributed by atoms with Crippen molar-refractivity contribution in [3.63, 3.8) is 0 Å². The van der Waals surface area contributed by atoms with Crippen LogP contribution >= 0.6 is 0 Å². The lowest BCUT2D eigenvalue weighted by atomic mass is 9.94. The summed E-state index contributed by atoms with van der Waals surface area (Å²) in [7, 11) is 0. The molecule has 0 spiro atoms. The van der Waals surface area contributed by atoms with Crippen molar-refractivity contribution in [3.8, 4) is 22.6 Å². The van der Waals surface area contributed by atoms with Gasteiger partial charge in [-0.15, -0.1) is 0 Å². The molecule has 1 N–H and O–H groups in total. The Balaban J connectivity index is 2.23. The zero-order valence-corrected chi connectivity index (χ0v) is 13.4. The predicted octanol–water partition coefficient (Wildman–Crippen LogP) is 4.57. The number of aryl methyl sites for hydroxylation is 3. The number of hydrogen-bond donors (Lipinski definition) is 1. The second kappa shape index (κ2) is 5.97. The monoisotopic (exact) mass is 311 g/mol. The zero-order valence-electron chi connectivity index (χ0n) is 13.4. The van der Waals surface area contributed by atoms with Gasteiger partial charge in [0.15, 0.2) is 5.76 Å². The number of rotatable bonds is 3. The molecule has 0 aliphatic carbocycles. The summed E-state index contributed by atoms with van der Waals surface area (Å²) in [6.07, 6.45) is 0. The van der Waals surface area contributed by atoms with Crippen LogP contribution < -0.4 is 0 Å². The maximum Gasteiger partial charge on any atom is 0.173 e. The first-order valence-electron chi connectivity index (χ1n) is 7.45. The third-order valence-corrected chi connectivity index (χ3v) is 3.98. The molecule has 2 aromatic carbocycles. The molecule has 0 fully saturated rings. The van der Waals surface area contributed by atoms with Gasteiger partial charge >= 0.3 is 0 Å². The van der Waals surface area contributed by atoms with E-state index in [2.05, 4.69) is 17.3 Å². The van der Waals surface area contributed by atoms with Gasteiger partial charge in [0.1, 0.15) is 11.5 Å². The lowest BCUT2D eigenvalue weighted by Crippen LogP contribution is -1.94. The molecule has 4 heteroatoms. The lowest BCUT2D eigenvalue weighted by molar-refractivity contribution is 0.281. The number of benzene rings is 2. The van der Waals surface area contributed by atoms with Crippen molar-refractivity contribution in [1.29, 1.82) is 0 Å². The maximum absolute atomic E-state index is 14.1. The molecule has 1 heterocycles. The molecule has 0 aliphatic rings. The van der Waals surface area contributed by atoms with Crippen molar-refractivity contribution >= 4 is 0 Å². The molecule has 0 amide bonds. The summed E-state index contributed by atoms with van der Waals surface area (Å²) in [6.45, 7) is 5.74. The summed E-state index contributed by atoms with van der Waals surface area (Å²) >= 11 is 0. The first-order chi connectivity index (χ1) is 11.0. The molecule has 0 saturated heterocycles. The smallest absolute Gasteiger partial charge is 0.173 e. The van der Waals surface area contributed by atoms with Gasteiger partial charge in [-0.2, -0.15) is 0 Å². The molecule has 0 saturated carbocycles. The van der Waals surface area contributed by atoms with Gasteiger partial charge in [0.2, 0.25) is 0 Å². The van der Waals surface area contributed by atoms with Gasteiger partial charge in [-0.1, -0.05) is 35.0 Å². The largest absolute Gasteiger partial charge is 0.391 e. The standard InChI is InChI=1S/C19H18FNO2/c1-11-8-12(2)17(13(3)9-11)19-15(10-22)18(21-23-19)14-6-4-5-7-16(14)20/h4-9,22H,10H2,1-3H3. The molecular formula is C19H18FNO2. The quantitative estimate of drug-likeness (QED) is 0.771. The molecule has 0 unspecified atom stereocenters. The van der Waals surface area contributed by atoms with Crippen LogP contribution in [0.2, 0.25) is 0 Å². The van der Waals surface area contributed by atoms with Crippen LogP contribution in [-0.4, -0.2) is 10.3 Å². The van der Waals surface area contributed by atoms with Crippen molar-refractivity contribution in [1.82, 2.24) is 5.16 Å². The predicted molar refractivity (Wildman–Crippen MR) is 87.5 cm³/mol. The normalized spacial score (nSPS) is 11.0. The molecule has 3 rings (SSSR count). The summed E-state index contributed by atoms with van der Waals surface area (Å²) < 4.78 is 19.6. The van der Waals surface area contributed by atoms with Crippen molar-refractivity contribution in [2.24, 2.45) is 0 Å². The van der Waals surface area contributed by atoms with E-state index in [0.29, 0.717) is 22.6 Å². The Morgan fingerprint density at radius 1 is 1.09 bits per heavy atom. The highest BCUT2D eigenvalue weighted by Crippen LogP contribution is 2.36. The molecule has 0 atom stereocenters. The molecule has 0 aliphatic heterocycles. The Labute approximate surface area is 134 Å². The summed E-state index contributed by atoms with van der Waals surface area (Å²) in [5.41, 5.74) is 5.30. The minimum absolute atomic E-state index is 0.269. The average molecular weight is 311 g/mol. The molecule has 0 bridgehead atoms. The Bertz CT molecular complexity index is 845. The number of aliphatic hydroxyl groups is 1. The van der Waals surface area contributed by atoms with E-state index in [4.69, 9.17) is 4.52 Å². The molecule has 3 aromatic rings. The number of aliphatic hydroxyl groups excluding tert-OH is 1. The highest BCUT2D eigenvalue weighted by Gasteiger charge is 2.22. The van der Waals surface area contributed by atoms with Gasteiger partial charge in [-0.05, 0) is 44.0 Å². The number of hydrogen-bond acceptors (Lipinski definition) is 3. The lowest BCUT2D eigenvalue weighted by Gasteiger charge is -2.10. The highest BCUT2D eigenvalue weighted by atomic mass is 19.1. The van der Waals surface area contributed by atoms with Crippen molar-refractivity contribution in [2.75, 3.05) is 0 Å². The van der Waals surface area contributed by atoms with E-state index in [-0.39, 0.29) is 12.4 Å². The fraction of sp³-hybridized carbons (Fsp3) is 0.211. The highest BCUT2D eigenvalue weighted by molar-refractivity contribution is 5.76. The van der Waals surface area contributed by atoms with Gasteiger partial charge in [0, 0.05) is 11.1 Å². The third kappa shape index (κ3) is 2.66. The van der Waals surface area contributed by atoms with E-state index in [1.807, 2.05) is 20.8 Å². The SMILES string of the molecule is Cc1cc(C)c(-c2onc(-c3ccccc3F)c2CO)c(C)c1. The Morgan fingerprint density at radius 3 is 2.35 bits per heavy atom. The van der Waals surface area contributed by atoms with E-state index in [0.717, 1.165) is 22.3 Å². The van der Waals surface area contributed by atoms with Crippen LogP contribution in [0.15, 0.2) is 40.9 Å². The Hall–Kier alpha value is -2.46. The van der Waals surface area contributed by atoms with Gasteiger partial charge in [0.25, 0.3) is 0 Å². The number of aromatic nitrogens is 1. The third-order valence-electron chi connectivity index (χ3n) is 3.98. The fourth-order valence-corrected chi connectivity index (χ4v) is 3.06. The van der Waals surface area contributed by atoms with E-state index in [1.165, 1.54) is 6.07 Å². The van der Waals surface area contributed by atoms with Crippen LogP contribution in [0.3, 0.4) is 0 Å². The first kappa shape index (κ1) is 15.4. The topological polar surface area (TPSA) is 46.3 Å². The zero-order chi connectivity index (χ0) is 16.6. The average Bonchev–Trinajstić information content (AvgIpc) is 2.90. The van der Waals surface area contributed by atoms with E-state index < -0.39 is 0 Å². The summed E-state index contributed by atoms with van der Waals surface area (Å²) in [5.74, 6) is 0.111. The van der Waals surface area contributed by atoms with Crippen LogP contribution in [0.25, 0.3) is 22.6 Å². The van der Waals surface area contributed by atoms with Crippen molar-refractivity contribution in [2.45, 2.75) is 27.4 Å². The van der Waals surface area contributed by atoms with Crippen LogP contribution in [0.1, 0.15) is 22.3 Å². The second-order valence-corrected chi connectivity index (χ2v) is 5.75. The van der Waals surface area contributed by atoms with Gasteiger partial charge in [0.05, 0.1) is 12.2 Å². The van der Waals surface area contributed by atoms with Crippen molar-refractivity contribution < 1.29 is 14.0 Å². The van der Waals surface area contributed by atoms with Gasteiger partial charge < -0.3 is 9.63 Å². The fourth-order valence-electron chi connectivity index (χ4n) is 3.06. The first-order valence-corrected chi connectivity index (χ1v) is 7.45. The van der Waals surface area contributed by atoms with Crippen LogP contribution in [0, 0.1) is 26.6 Å². The molecule has 23 heavy (non-hydrogen) atoms. The summed E-state index contributed by atoms with van der Waals surface area (Å²) in [5, 5.41) is 13.8. The van der Waals surface area contributed by atoms with Gasteiger partial charge in [-0.25, -0.2) is 4.39 Å².